The summed E-state index contributed by atoms with van der Waals surface area (Å²) in [6.45, 7) is 4.44. The lowest BCUT2D eigenvalue weighted by Gasteiger charge is -2.41. The number of urea groups is 2. The first-order valence-electron chi connectivity index (χ1n) is 14.8. The summed E-state index contributed by atoms with van der Waals surface area (Å²) >= 11 is 0. The lowest BCUT2D eigenvalue weighted by molar-refractivity contribution is -0.109. The number of H-pyrrole nitrogens is 1. The van der Waals surface area contributed by atoms with E-state index in [4.69, 9.17) is 0 Å². The van der Waals surface area contributed by atoms with Crippen LogP contribution in [0.25, 0.3) is 10.9 Å². The second-order valence-electron chi connectivity index (χ2n) is 11.7. The first-order chi connectivity index (χ1) is 20.0. The minimum atomic E-state index is -0.641. The molecule has 0 saturated carbocycles. The molecule has 1 aliphatic carbocycles. The van der Waals surface area contributed by atoms with Crippen LogP contribution in [0.3, 0.4) is 0 Å². The highest BCUT2D eigenvalue weighted by atomic mass is 16.2. The van der Waals surface area contributed by atoms with Crippen LogP contribution in [-0.4, -0.2) is 101 Å². The van der Waals surface area contributed by atoms with Crippen LogP contribution >= 0.6 is 0 Å². The Labute approximate surface area is 240 Å². The van der Waals surface area contributed by atoms with E-state index in [1.807, 2.05) is 23.2 Å². The topological polar surface area (TPSA) is 126 Å². The maximum atomic E-state index is 13.2. The number of hydrogen-bond acceptors (Lipinski definition) is 6. The Kier molecular flexibility index (Phi) is 8.06. The monoisotopic (exact) mass is 560 g/mol. The number of aldehydes is 1. The van der Waals surface area contributed by atoms with Crippen molar-refractivity contribution >= 4 is 29.3 Å². The molecule has 2 aromatic rings. The van der Waals surface area contributed by atoms with Gasteiger partial charge in [-0.05, 0) is 74.9 Å². The predicted molar refractivity (Wildman–Crippen MR) is 156 cm³/mol. The van der Waals surface area contributed by atoms with Gasteiger partial charge in [0.1, 0.15) is 6.29 Å². The van der Waals surface area contributed by atoms with Gasteiger partial charge in [-0.2, -0.15) is 5.10 Å². The van der Waals surface area contributed by atoms with Crippen molar-refractivity contribution in [3.8, 4) is 0 Å². The van der Waals surface area contributed by atoms with E-state index in [1.165, 1.54) is 5.57 Å². The fourth-order valence-electron chi connectivity index (χ4n) is 6.65. The molecule has 2 unspecified atom stereocenters. The van der Waals surface area contributed by atoms with E-state index in [-0.39, 0.29) is 18.1 Å². The van der Waals surface area contributed by atoms with Gasteiger partial charge in [-0.3, -0.25) is 10.00 Å². The molecule has 1 aromatic carbocycles. The minimum Gasteiger partial charge on any atom is -0.328 e. The predicted octanol–water partition coefficient (Wildman–Crippen LogP) is 2.27. The van der Waals surface area contributed by atoms with E-state index >= 15 is 0 Å². The van der Waals surface area contributed by atoms with E-state index in [2.05, 4.69) is 50.2 Å². The van der Waals surface area contributed by atoms with Crippen molar-refractivity contribution < 1.29 is 14.4 Å². The van der Waals surface area contributed by atoms with Crippen LogP contribution in [0.15, 0.2) is 41.8 Å². The molecule has 218 valence electrons. The van der Waals surface area contributed by atoms with Crippen LogP contribution in [-0.2, 0) is 17.8 Å². The molecule has 4 N–H and O–H groups in total. The van der Waals surface area contributed by atoms with E-state index in [0.717, 1.165) is 72.9 Å². The summed E-state index contributed by atoms with van der Waals surface area (Å²) in [5.41, 5.74) is 5.37. The van der Waals surface area contributed by atoms with Crippen molar-refractivity contribution in [2.75, 3.05) is 39.8 Å². The van der Waals surface area contributed by atoms with Gasteiger partial charge in [-0.1, -0.05) is 18.2 Å². The minimum absolute atomic E-state index is 0.0387. The van der Waals surface area contributed by atoms with E-state index in [1.54, 1.807) is 4.90 Å². The Balaban J connectivity index is 1.07. The van der Waals surface area contributed by atoms with Crippen LogP contribution in [0.1, 0.15) is 43.2 Å². The highest BCUT2D eigenvalue weighted by Crippen LogP contribution is 2.27. The lowest BCUT2D eigenvalue weighted by atomic mass is 9.96. The van der Waals surface area contributed by atoms with Crippen LogP contribution in [0.4, 0.5) is 9.59 Å². The van der Waals surface area contributed by atoms with Crippen LogP contribution in [0.5, 0.6) is 0 Å². The molecule has 2 saturated heterocycles. The molecule has 4 aliphatic rings. The lowest BCUT2D eigenvalue weighted by Crippen LogP contribution is -2.56. The largest absolute Gasteiger partial charge is 0.328 e. The molecule has 0 bridgehead atoms. The maximum absolute atomic E-state index is 13.2. The highest BCUT2D eigenvalue weighted by Gasteiger charge is 2.34. The van der Waals surface area contributed by atoms with Crippen LogP contribution < -0.4 is 16.0 Å². The number of nitrogens with one attached hydrogen (secondary N) is 4. The molecule has 2 fully saturated rings. The second kappa shape index (κ2) is 12.0. The molecule has 4 heterocycles. The molecule has 1 aromatic heterocycles. The SMILES string of the molecule is CN(Cc1c(CC(C=O)NC(=O)N2CCC(N3CC4=C(CCC=C4)NC3=O)CC2)ccc2[nH]ncc12)C1CCNC1. The van der Waals surface area contributed by atoms with Crippen molar-refractivity contribution in [3.63, 3.8) is 0 Å². The van der Waals surface area contributed by atoms with Gasteiger partial charge in [0.2, 0.25) is 0 Å². The van der Waals surface area contributed by atoms with Crippen molar-refractivity contribution in [1.82, 2.24) is 40.8 Å². The fourth-order valence-corrected chi connectivity index (χ4v) is 6.65. The van der Waals surface area contributed by atoms with Gasteiger partial charge >= 0.3 is 12.1 Å². The molecular weight excluding hydrogens is 520 g/mol. The Hall–Kier alpha value is -3.70. The van der Waals surface area contributed by atoms with Gasteiger partial charge in [0.15, 0.2) is 0 Å². The van der Waals surface area contributed by atoms with E-state index in [9.17, 15) is 14.4 Å². The number of amides is 4. The highest BCUT2D eigenvalue weighted by molar-refractivity contribution is 5.84. The Morgan fingerprint density at radius 1 is 1.27 bits per heavy atom. The number of likely N-dealkylation sites (N-methyl/N-ethyl adjacent to an activating group) is 1. The van der Waals surface area contributed by atoms with Crippen LogP contribution in [0.2, 0.25) is 0 Å². The van der Waals surface area contributed by atoms with Crippen LogP contribution in [0, 0.1) is 0 Å². The molecule has 0 radical (unpaired) electrons. The summed E-state index contributed by atoms with van der Waals surface area (Å²) in [5, 5.41) is 17.8. The molecule has 3 aliphatic heterocycles. The second-order valence-corrected chi connectivity index (χ2v) is 11.7. The van der Waals surface area contributed by atoms with Crippen molar-refractivity contribution in [3.05, 3.63) is 52.9 Å². The Morgan fingerprint density at radius 2 is 2.12 bits per heavy atom. The van der Waals surface area contributed by atoms with Crippen molar-refractivity contribution in [2.24, 2.45) is 0 Å². The Morgan fingerprint density at radius 3 is 2.90 bits per heavy atom. The summed E-state index contributed by atoms with van der Waals surface area (Å²) in [7, 11) is 2.14. The summed E-state index contributed by atoms with van der Waals surface area (Å²) in [6, 6.07) is 3.66. The number of nitrogens with zero attached hydrogens (tertiary/aromatic N) is 4. The third-order valence-electron chi connectivity index (χ3n) is 9.13. The third-order valence-corrected chi connectivity index (χ3v) is 9.13. The fraction of sp³-hybridized carbons (Fsp3) is 0.533. The summed E-state index contributed by atoms with van der Waals surface area (Å²) < 4.78 is 0. The first kappa shape index (κ1) is 27.5. The first-order valence-corrected chi connectivity index (χ1v) is 14.8. The molecule has 11 nitrogen and oxygen atoms in total. The van der Waals surface area contributed by atoms with Gasteiger partial charge in [0.05, 0.1) is 17.8 Å². The quantitative estimate of drug-likeness (QED) is 0.367. The van der Waals surface area contributed by atoms with Crippen molar-refractivity contribution in [2.45, 2.75) is 63.2 Å². The number of hydrogen-bond donors (Lipinski definition) is 4. The average Bonchev–Trinajstić information content (AvgIpc) is 3.71. The van der Waals surface area contributed by atoms with Crippen molar-refractivity contribution in [1.29, 1.82) is 0 Å². The molecule has 41 heavy (non-hydrogen) atoms. The number of fused-ring (bicyclic) bond motifs is 1. The van der Waals surface area contributed by atoms with Gasteiger partial charge in [0.25, 0.3) is 0 Å². The summed E-state index contributed by atoms with van der Waals surface area (Å²) in [4.78, 5) is 44.2. The Bertz CT molecular complexity index is 1350. The molecule has 2 atom stereocenters. The number of likely N-dealkylation sites (tertiary alicyclic amines) is 1. The summed E-state index contributed by atoms with van der Waals surface area (Å²) in [5.74, 6) is 0. The zero-order chi connectivity index (χ0) is 28.3. The molecule has 0 spiro atoms. The normalized spacial score (nSPS) is 22.3. The number of aromatic amines is 1. The number of carbonyl (C=O) groups is 3. The van der Waals surface area contributed by atoms with Gasteiger partial charge in [-0.25, -0.2) is 9.59 Å². The van der Waals surface area contributed by atoms with Gasteiger partial charge in [-0.15, -0.1) is 0 Å². The zero-order valence-corrected chi connectivity index (χ0v) is 23.7. The average molecular weight is 561 g/mol. The third kappa shape index (κ3) is 5.87. The number of rotatable bonds is 8. The van der Waals surface area contributed by atoms with Gasteiger partial charge in [0, 0.05) is 55.9 Å². The molecular formula is C30H40N8O3. The standard InChI is InChI=1S/C30H40N8O3/c1-36(24-8-11-31-15-24)18-26-20(6-7-28-25(26)16-32-35-28)14-22(19-39)33-29(40)37-12-9-23(10-13-37)38-17-21-4-2-3-5-27(21)34-30(38)41/h2,4,6-7,16,19,22-24,31H,3,5,8-15,17-18H2,1H3,(H,32,35)(H,33,40)(H,34,41). The number of piperidine rings is 1. The number of aromatic nitrogens is 2. The van der Waals surface area contributed by atoms with Gasteiger partial charge < -0.3 is 30.5 Å². The smallest absolute Gasteiger partial charge is 0.322 e. The van der Waals surface area contributed by atoms with E-state index < -0.39 is 6.04 Å². The van der Waals surface area contributed by atoms with E-state index in [0.29, 0.717) is 44.9 Å². The number of allylic oxidation sites excluding steroid dienone is 2. The zero-order valence-electron chi connectivity index (χ0n) is 23.7. The molecule has 4 amide bonds. The number of benzene rings is 1. The maximum Gasteiger partial charge on any atom is 0.322 e. The summed E-state index contributed by atoms with van der Waals surface area (Å²) in [6.07, 6.45) is 11.7. The molecule has 11 heteroatoms. The number of carbonyl (C=O) groups excluding carboxylic acids is 3. The molecule has 6 rings (SSSR count).